The predicted octanol–water partition coefficient (Wildman–Crippen LogP) is 3.12. The number of rotatable bonds is 5. The normalized spacial score (nSPS) is 12.7. The molecule has 0 aliphatic carbocycles. The summed E-state index contributed by atoms with van der Waals surface area (Å²) >= 11 is 1.70. The van der Waals surface area contributed by atoms with Crippen LogP contribution in [-0.4, -0.2) is 16.7 Å². The minimum Gasteiger partial charge on any atom is -0.394 e. The summed E-state index contributed by atoms with van der Waals surface area (Å²) in [5, 5.41) is 14.9. The van der Waals surface area contributed by atoms with E-state index in [-0.39, 0.29) is 12.6 Å². The Bertz CT molecular complexity index is 681. The summed E-state index contributed by atoms with van der Waals surface area (Å²) in [4.78, 5) is 4.43. The highest BCUT2D eigenvalue weighted by atomic mass is 32.1. The van der Waals surface area contributed by atoms with E-state index in [2.05, 4.69) is 21.7 Å². The maximum Gasteiger partial charge on any atom is 0.0809 e. The van der Waals surface area contributed by atoms with Gasteiger partial charge in [-0.15, -0.1) is 11.3 Å². The highest BCUT2D eigenvalue weighted by Gasteiger charge is 2.09. The van der Waals surface area contributed by atoms with Crippen LogP contribution in [-0.2, 0) is 6.54 Å². The molecule has 0 aliphatic rings. The second kappa shape index (κ2) is 6.13. The van der Waals surface area contributed by atoms with Crippen LogP contribution in [0, 0.1) is 0 Å². The molecule has 20 heavy (non-hydrogen) atoms. The van der Waals surface area contributed by atoms with Gasteiger partial charge in [-0.3, -0.25) is 4.98 Å². The third kappa shape index (κ3) is 2.88. The van der Waals surface area contributed by atoms with Gasteiger partial charge in [-0.25, -0.2) is 0 Å². The molecule has 3 aromatic rings. The van der Waals surface area contributed by atoms with Crippen molar-refractivity contribution >= 4 is 21.6 Å². The zero-order valence-corrected chi connectivity index (χ0v) is 11.8. The monoisotopic (exact) mass is 284 g/mol. The molecule has 0 spiro atoms. The number of nitrogens with one attached hydrogen (secondary N) is 1. The molecule has 0 saturated heterocycles. The van der Waals surface area contributed by atoms with Crippen molar-refractivity contribution in [3.63, 3.8) is 0 Å². The van der Waals surface area contributed by atoms with Crippen molar-refractivity contribution in [2.75, 3.05) is 6.61 Å². The highest BCUT2D eigenvalue weighted by molar-refractivity contribution is 7.17. The van der Waals surface area contributed by atoms with Crippen LogP contribution in [0.3, 0.4) is 0 Å². The molecule has 0 amide bonds. The van der Waals surface area contributed by atoms with Gasteiger partial charge in [0, 0.05) is 12.7 Å². The lowest BCUT2D eigenvalue weighted by molar-refractivity contribution is 0.243. The lowest BCUT2D eigenvalue weighted by Gasteiger charge is -2.16. The number of nitrogens with zero attached hydrogens (tertiary/aromatic N) is 1. The summed E-state index contributed by atoms with van der Waals surface area (Å²) in [6.45, 7) is 0.777. The zero-order chi connectivity index (χ0) is 13.8. The van der Waals surface area contributed by atoms with Gasteiger partial charge in [0.05, 0.1) is 22.9 Å². The first kappa shape index (κ1) is 13.2. The largest absolute Gasteiger partial charge is 0.394 e. The number of benzene rings is 1. The first-order valence-corrected chi connectivity index (χ1v) is 7.46. The molecule has 3 nitrogen and oxygen atoms in total. The van der Waals surface area contributed by atoms with E-state index in [0.29, 0.717) is 6.54 Å². The van der Waals surface area contributed by atoms with Gasteiger partial charge in [0.25, 0.3) is 0 Å². The van der Waals surface area contributed by atoms with E-state index in [9.17, 15) is 5.11 Å². The minimum atomic E-state index is -0.0461. The van der Waals surface area contributed by atoms with Crippen LogP contribution < -0.4 is 5.32 Å². The molecule has 1 atom stereocenters. The molecule has 102 valence electrons. The van der Waals surface area contributed by atoms with E-state index in [1.807, 2.05) is 42.6 Å². The van der Waals surface area contributed by atoms with Gasteiger partial charge < -0.3 is 10.4 Å². The Kier molecular flexibility index (Phi) is 4.06. The lowest BCUT2D eigenvalue weighted by atomic mass is 10.1. The Balaban J connectivity index is 1.71. The third-order valence-electron chi connectivity index (χ3n) is 3.30. The molecule has 3 rings (SSSR count). The number of hydrogen-bond donors (Lipinski definition) is 2. The molecule has 2 heterocycles. The van der Waals surface area contributed by atoms with Crippen LogP contribution >= 0.6 is 11.3 Å². The average Bonchev–Trinajstić information content (AvgIpc) is 2.96. The molecular formula is C16H16N2OS. The minimum absolute atomic E-state index is 0.0461. The molecule has 2 aromatic heterocycles. The number of thiophene rings is 1. The average molecular weight is 284 g/mol. The molecule has 0 unspecified atom stereocenters. The van der Waals surface area contributed by atoms with Gasteiger partial charge >= 0.3 is 0 Å². The first-order chi connectivity index (χ1) is 9.86. The van der Waals surface area contributed by atoms with Crippen molar-refractivity contribution in [1.82, 2.24) is 10.3 Å². The van der Waals surface area contributed by atoms with E-state index >= 15 is 0 Å². The smallest absolute Gasteiger partial charge is 0.0809 e. The molecule has 1 aromatic carbocycles. The molecule has 4 heteroatoms. The molecule has 0 saturated carbocycles. The first-order valence-electron chi connectivity index (χ1n) is 6.58. The van der Waals surface area contributed by atoms with Crippen molar-refractivity contribution in [3.8, 4) is 0 Å². The number of aromatic nitrogens is 1. The second-order valence-electron chi connectivity index (χ2n) is 4.67. The summed E-state index contributed by atoms with van der Waals surface area (Å²) in [5.74, 6) is 0. The Hall–Kier alpha value is -1.75. The maximum atomic E-state index is 9.52. The van der Waals surface area contributed by atoms with Gasteiger partial charge in [0.15, 0.2) is 0 Å². The molecular weight excluding hydrogens is 268 g/mol. The van der Waals surface area contributed by atoms with E-state index in [4.69, 9.17) is 0 Å². The van der Waals surface area contributed by atoms with E-state index in [1.54, 1.807) is 11.3 Å². The summed E-state index contributed by atoms with van der Waals surface area (Å²) in [7, 11) is 0. The van der Waals surface area contributed by atoms with Gasteiger partial charge in [-0.05, 0) is 28.6 Å². The molecule has 0 fully saturated rings. The quantitative estimate of drug-likeness (QED) is 0.756. The number of hydrogen-bond acceptors (Lipinski definition) is 4. The van der Waals surface area contributed by atoms with Gasteiger partial charge in [-0.1, -0.05) is 30.3 Å². The van der Waals surface area contributed by atoms with Gasteiger partial charge in [-0.2, -0.15) is 0 Å². The third-order valence-corrected chi connectivity index (χ3v) is 4.15. The number of fused-ring (bicyclic) bond motifs is 1. The number of aliphatic hydroxyl groups excluding tert-OH is 1. The zero-order valence-electron chi connectivity index (χ0n) is 11.0. The number of aliphatic hydroxyl groups is 1. The van der Waals surface area contributed by atoms with E-state index in [1.165, 1.54) is 4.70 Å². The van der Waals surface area contributed by atoms with Crippen molar-refractivity contribution in [1.29, 1.82) is 0 Å². The van der Waals surface area contributed by atoms with Crippen LogP contribution in [0.4, 0.5) is 0 Å². The van der Waals surface area contributed by atoms with Crippen molar-refractivity contribution in [3.05, 3.63) is 65.2 Å². The fourth-order valence-corrected chi connectivity index (χ4v) is 3.00. The van der Waals surface area contributed by atoms with E-state index < -0.39 is 0 Å². The Morgan fingerprint density at radius 2 is 2.05 bits per heavy atom. The molecule has 0 bridgehead atoms. The van der Waals surface area contributed by atoms with Crippen LogP contribution in [0.15, 0.2) is 54.0 Å². The van der Waals surface area contributed by atoms with Crippen LogP contribution in [0.25, 0.3) is 10.2 Å². The van der Waals surface area contributed by atoms with Crippen LogP contribution in [0.2, 0.25) is 0 Å². The van der Waals surface area contributed by atoms with Gasteiger partial charge in [0.1, 0.15) is 0 Å². The molecule has 0 aliphatic heterocycles. The Labute approximate surface area is 121 Å². The topological polar surface area (TPSA) is 45.1 Å². The summed E-state index contributed by atoms with van der Waals surface area (Å²) < 4.78 is 1.20. The number of pyridine rings is 1. The molecule has 0 radical (unpaired) electrons. The SMILES string of the molecule is OC[C@@H](NCc1cnc2ccsc2c1)c1ccccc1. The summed E-state index contributed by atoms with van der Waals surface area (Å²) in [5.41, 5.74) is 3.27. The fraction of sp³-hybridized carbons (Fsp3) is 0.188. The fourth-order valence-electron chi connectivity index (χ4n) is 2.20. The summed E-state index contributed by atoms with van der Waals surface area (Å²) in [6.07, 6.45) is 1.89. The van der Waals surface area contributed by atoms with E-state index in [0.717, 1.165) is 16.6 Å². The van der Waals surface area contributed by atoms with Crippen LogP contribution in [0.1, 0.15) is 17.2 Å². The molecule has 2 N–H and O–H groups in total. The lowest BCUT2D eigenvalue weighted by Crippen LogP contribution is -2.23. The summed E-state index contributed by atoms with van der Waals surface area (Å²) in [6, 6.07) is 14.1. The van der Waals surface area contributed by atoms with Crippen molar-refractivity contribution in [2.24, 2.45) is 0 Å². The standard InChI is InChI=1S/C16H16N2OS/c19-11-15(13-4-2-1-3-5-13)18-10-12-8-16-14(17-9-12)6-7-20-16/h1-9,15,18-19H,10-11H2/t15-/m1/s1. The maximum absolute atomic E-state index is 9.52. The highest BCUT2D eigenvalue weighted by Crippen LogP contribution is 2.20. The second-order valence-corrected chi connectivity index (χ2v) is 5.62. The van der Waals surface area contributed by atoms with Crippen molar-refractivity contribution < 1.29 is 5.11 Å². The van der Waals surface area contributed by atoms with Gasteiger partial charge in [0.2, 0.25) is 0 Å². The van der Waals surface area contributed by atoms with Crippen LogP contribution in [0.5, 0.6) is 0 Å². The van der Waals surface area contributed by atoms with Crippen molar-refractivity contribution in [2.45, 2.75) is 12.6 Å². The predicted molar refractivity (Wildman–Crippen MR) is 82.7 cm³/mol. The Morgan fingerprint density at radius 1 is 1.20 bits per heavy atom. The Morgan fingerprint density at radius 3 is 2.85 bits per heavy atom.